The van der Waals surface area contributed by atoms with Gasteiger partial charge in [0.15, 0.2) is 0 Å². The minimum Gasteiger partial charge on any atom is -0.377 e. The topological polar surface area (TPSA) is 58.4 Å². The third-order valence-electron chi connectivity index (χ3n) is 4.23. The average molecular weight is 312 g/mol. The number of nitrogens with one attached hydrogen (secondary N) is 1. The Labute approximate surface area is 130 Å². The summed E-state index contributed by atoms with van der Waals surface area (Å²) in [6.07, 6.45) is 2.33. The van der Waals surface area contributed by atoms with Crippen molar-refractivity contribution in [3.8, 4) is 0 Å². The summed E-state index contributed by atoms with van der Waals surface area (Å²) in [5, 5.41) is 14.9. The molecule has 0 radical (unpaired) electrons. The first-order chi connectivity index (χ1) is 10.0. The molecule has 2 unspecified atom stereocenters. The Balaban J connectivity index is 2.10. The molecule has 0 bridgehead atoms. The van der Waals surface area contributed by atoms with Crippen molar-refractivity contribution >= 4 is 23.0 Å². The number of hydrogen-bond donors (Lipinski definition) is 1. The van der Waals surface area contributed by atoms with E-state index >= 15 is 0 Å². The summed E-state index contributed by atoms with van der Waals surface area (Å²) in [7, 11) is 0. The Morgan fingerprint density at radius 1 is 1.57 bits per heavy atom. The molecule has 6 heteroatoms. The van der Waals surface area contributed by atoms with E-state index in [4.69, 9.17) is 11.6 Å². The summed E-state index contributed by atoms with van der Waals surface area (Å²) in [4.78, 5) is 13.2. The molecule has 1 N–H and O–H groups in total. The molecule has 0 aromatic heterocycles. The van der Waals surface area contributed by atoms with Crippen LogP contribution in [0.25, 0.3) is 0 Å². The second-order valence-corrected chi connectivity index (χ2v) is 6.08. The number of benzene rings is 1. The Hall–Kier alpha value is -1.33. The van der Waals surface area contributed by atoms with Gasteiger partial charge in [0.2, 0.25) is 0 Å². The number of nitro benzene ring substituents is 1. The van der Waals surface area contributed by atoms with Crippen molar-refractivity contribution in [3.63, 3.8) is 0 Å². The van der Waals surface area contributed by atoms with Crippen molar-refractivity contribution < 1.29 is 4.92 Å². The minimum absolute atomic E-state index is 0.0782. The Bertz CT molecular complexity index is 510. The molecule has 1 aliphatic heterocycles. The van der Waals surface area contributed by atoms with Gasteiger partial charge in [0.1, 0.15) is 5.69 Å². The van der Waals surface area contributed by atoms with E-state index in [1.54, 1.807) is 12.1 Å². The number of halogens is 1. The van der Waals surface area contributed by atoms with Gasteiger partial charge in [0.25, 0.3) is 5.69 Å². The van der Waals surface area contributed by atoms with E-state index in [0.29, 0.717) is 16.6 Å². The highest BCUT2D eigenvalue weighted by Gasteiger charge is 2.25. The fourth-order valence-corrected chi connectivity index (χ4v) is 3.10. The van der Waals surface area contributed by atoms with Crippen LogP contribution in [0.2, 0.25) is 5.02 Å². The van der Waals surface area contributed by atoms with Crippen molar-refractivity contribution in [1.29, 1.82) is 0 Å². The minimum atomic E-state index is -0.370. The number of nitro groups is 1. The van der Waals surface area contributed by atoms with Crippen LogP contribution in [0.5, 0.6) is 0 Å². The molecule has 5 nitrogen and oxygen atoms in total. The zero-order valence-electron chi connectivity index (χ0n) is 12.5. The zero-order chi connectivity index (χ0) is 15.4. The maximum absolute atomic E-state index is 11.1. The number of anilines is 1. The number of nitrogens with zero attached hydrogens (tertiary/aromatic N) is 2. The highest BCUT2D eigenvalue weighted by Crippen LogP contribution is 2.30. The monoisotopic (exact) mass is 311 g/mol. The lowest BCUT2D eigenvalue weighted by Crippen LogP contribution is -2.41. The summed E-state index contributed by atoms with van der Waals surface area (Å²) in [6, 6.07) is 4.82. The predicted molar refractivity (Wildman–Crippen MR) is 86.0 cm³/mol. The third kappa shape index (κ3) is 4.08. The molecule has 2 atom stereocenters. The van der Waals surface area contributed by atoms with Crippen molar-refractivity contribution in [3.05, 3.63) is 33.3 Å². The molecule has 0 amide bonds. The van der Waals surface area contributed by atoms with E-state index in [9.17, 15) is 10.1 Å². The van der Waals surface area contributed by atoms with Crippen LogP contribution < -0.4 is 5.32 Å². The van der Waals surface area contributed by atoms with Crippen LogP contribution in [0, 0.1) is 16.0 Å². The van der Waals surface area contributed by atoms with Crippen LogP contribution in [0.1, 0.15) is 26.7 Å². The van der Waals surface area contributed by atoms with E-state index in [2.05, 4.69) is 24.1 Å². The molecule has 21 heavy (non-hydrogen) atoms. The molecular weight excluding hydrogens is 290 g/mol. The van der Waals surface area contributed by atoms with E-state index in [0.717, 1.165) is 26.1 Å². The van der Waals surface area contributed by atoms with Gasteiger partial charge in [-0.1, -0.05) is 18.5 Å². The maximum Gasteiger partial charge on any atom is 0.292 e. The number of hydrogen-bond acceptors (Lipinski definition) is 4. The summed E-state index contributed by atoms with van der Waals surface area (Å²) < 4.78 is 0. The van der Waals surface area contributed by atoms with E-state index in [1.807, 2.05) is 0 Å². The van der Waals surface area contributed by atoms with Crippen molar-refractivity contribution in [2.45, 2.75) is 32.7 Å². The molecule has 1 saturated heterocycles. The Morgan fingerprint density at radius 2 is 2.33 bits per heavy atom. The van der Waals surface area contributed by atoms with Gasteiger partial charge < -0.3 is 10.2 Å². The summed E-state index contributed by atoms with van der Waals surface area (Å²) in [5.74, 6) is 0.497. The van der Waals surface area contributed by atoms with Gasteiger partial charge in [-0.3, -0.25) is 10.1 Å². The highest BCUT2D eigenvalue weighted by molar-refractivity contribution is 6.31. The van der Waals surface area contributed by atoms with Gasteiger partial charge in [-0.05, 0) is 50.9 Å². The van der Waals surface area contributed by atoms with Crippen LogP contribution in [-0.4, -0.2) is 35.5 Å². The lowest BCUT2D eigenvalue weighted by molar-refractivity contribution is -0.384. The summed E-state index contributed by atoms with van der Waals surface area (Å²) in [5.41, 5.74) is 0.586. The molecule has 0 aliphatic carbocycles. The second-order valence-electron chi connectivity index (χ2n) is 5.65. The van der Waals surface area contributed by atoms with E-state index in [1.165, 1.54) is 12.5 Å². The Morgan fingerprint density at radius 3 is 3.00 bits per heavy atom. The molecule has 0 saturated carbocycles. The molecule has 116 valence electrons. The molecule has 1 aromatic rings. The lowest BCUT2D eigenvalue weighted by atomic mass is 9.91. The smallest absolute Gasteiger partial charge is 0.292 e. The lowest BCUT2D eigenvalue weighted by Gasteiger charge is -2.35. The molecule has 1 aliphatic rings. The summed E-state index contributed by atoms with van der Waals surface area (Å²) >= 11 is 5.97. The molecular formula is C15H22ClN3O2. The number of rotatable bonds is 5. The third-order valence-corrected chi connectivity index (χ3v) is 4.47. The molecule has 2 rings (SSSR count). The van der Waals surface area contributed by atoms with E-state index in [-0.39, 0.29) is 16.7 Å². The van der Waals surface area contributed by atoms with Gasteiger partial charge in [-0.2, -0.15) is 0 Å². The van der Waals surface area contributed by atoms with Crippen LogP contribution >= 0.6 is 11.6 Å². The van der Waals surface area contributed by atoms with Crippen LogP contribution in [0.4, 0.5) is 11.4 Å². The Kier molecular flexibility index (Phi) is 5.42. The van der Waals surface area contributed by atoms with Crippen molar-refractivity contribution in [2.75, 3.05) is 25.0 Å². The number of likely N-dealkylation sites (tertiary alicyclic amines) is 1. The van der Waals surface area contributed by atoms with Crippen molar-refractivity contribution in [2.24, 2.45) is 5.92 Å². The van der Waals surface area contributed by atoms with Gasteiger partial charge in [0, 0.05) is 23.7 Å². The van der Waals surface area contributed by atoms with Crippen molar-refractivity contribution in [1.82, 2.24) is 4.90 Å². The standard InChI is InChI=1S/C15H22ClN3O2/c1-3-18-8-4-5-12(10-18)11(2)17-14-9-13(16)6-7-15(14)19(20)21/h6-7,9,11-12,17H,3-5,8,10H2,1-2H3. The zero-order valence-corrected chi connectivity index (χ0v) is 13.3. The van der Waals surface area contributed by atoms with Gasteiger partial charge in [-0.25, -0.2) is 0 Å². The van der Waals surface area contributed by atoms with Crippen LogP contribution in [0.15, 0.2) is 18.2 Å². The molecule has 1 fully saturated rings. The van der Waals surface area contributed by atoms with Crippen LogP contribution in [-0.2, 0) is 0 Å². The quantitative estimate of drug-likeness (QED) is 0.664. The number of piperidine rings is 1. The second kappa shape index (κ2) is 7.09. The van der Waals surface area contributed by atoms with Gasteiger partial charge in [-0.15, -0.1) is 0 Å². The first-order valence-electron chi connectivity index (χ1n) is 7.44. The first-order valence-corrected chi connectivity index (χ1v) is 7.82. The maximum atomic E-state index is 11.1. The fraction of sp³-hybridized carbons (Fsp3) is 0.600. The SMILES string of the molecule is CCN1CCCC(C(C)Nc2cc(Cl)ccc2[N+](=O)[O-])C1. The van der Waals surface area contributed by atoms with Gasteiger partial charge in [0.05, 0.1) is 4.92 Å². The highest BCUT2D eigenvalue weighted by atomic mass is 35.5. The van der Waals surface area contributed by atoms with Gasteiger partial charge >= 0.3 is 0 Å². The largest absolute Gasteiger partial charge is 0.377 e. The molecule has 1 heterocycles. The van der Waals surface area contributed by atoms with E-state index < -0.39 is 0 Å². The summed E-state index contributed by atoms with van der Waals surface area (Å²) in [6.45, 7) is 7.51. The molecule has 1 aromatic carbocycles. The normalized spacial score (nSPS) is 21.0. The molecule has 0 spiro atoms. The average Bonchev–Trinajstić information content (AvgIpc) is 2.47. The first kappa shape index (κ1) is 16.0. The fourth-order valence-electron chi connectivity index (χ4n) is 2.93. The van der Waals surface area contributed by atoms with Crippen LogP contribution in [0.3, 0.4) is 0 Å². The predicted octanol–water partition coefficient (Wildman–Crippen LogP) is 3.78.